The van der Waals surface area contributed by atoms with Crippen LogP contribution < -0.4 is 5.73 Å². The number of carbonyl (C=O) groups excluding carboxylic acids is 1. The first kappa shape index (κ1) is 9.66. The minimum absolute atomic E-state index is 0.239. The quantitative estimate of drug-likeness (QED) is 0.530. The number of ether oxygens (including phenoxy) is 2. The van der Waals surface area contributed by atoms with Gasteiger partial charge in [-0.1, -0.05) is 0 Å². The first-order valence-electron chi connectivity index (χ1n) is 5.42. The minimum Gasteiger partial charge on any atom is -0.450 e. The van der Waals surface area contributed by atoms with Crippen molar-refractivity contribution in [1.29, 1.82) is 0 Å². The fraction of sp³-hybridized carbons (Fsp3) is 0.417. The van der Waals surface area contributed by atoms with Gasteiger partial charge in [0.15, 0.2) is 0 Å². The molecule has 2 N–H and O–H groups in total. The third kappa shape index (κ3) is 1.23. The zero-order valence-electron chi connectivity index (χ0n) is 8.86. The molecular weight excluding hydrogens is 206 g/mol. The summed E-state index contributed by atoms with van der Waals surface area (Å²) in [7, 11) is 0. The molecule has 0 bridgehead atoms. The molecule has 0 atom stereocenters. The van der Waals surface area contributed by atoms with Gasteiger partial charge in [0.05, 0.1) is 18.8 Å². The Kier molecular flexibility index (Phi) is 1.94. The molecule has 4 heteroatoms. The molecule has 0 aliphatic carbocycles. The minimum atomic E-state index is -0.486. The smallest absolute Gasteiger partial charge is 0.339 e. The maximum atomic E-state index is 11.7. The van der Waals surface area contributed by atoms with Crippen molar-refractivity contribution >= 4 is 11.7 Å². The second-order valence-corrected chi connectivity index (χ2v) is 4.30. The van der Waals surface area contributed by atoms with Crippen molar-refractivity contribution in [1.82, 2.24) is 0 Å². The van der Waals surface area contributed by atoms with Crippen LogP contribution in [0.25, 0.3) is 0 Å². The van der Waals surface area contributed by atoms with E-state index in [1.807, 2.05) is 6.07 Å². The molecule has 2 aliphatic heterocycles. The van der Waals surface area contributed by atoms with Gasteiger partial charge in [-0.15, -0.1) is 0 Å². The molecule has 0 unspecified atom stereocenters. The topological polar surface area (TPSA) is 61.6 Å². The number of benzene rings is 1. The van der Waals surface area contributed by atoms with E-state index in [9.17, 15) is 4.79 Å². The average molecular weight is 219 g/mol. The second-order valence-electron chi connectivity index (χ2n) is 4.30. The van der Waals surface area contributed by atoms with Gasteiger partial charge in [0.25, 0.3) is 0 Å². The summed E-state index contributed by atoms with van der Waals surface area (Å²) in [5.41, 5.74) is 7.53. The molecule has 3 rings (SSSR count). The van der Waals surface area contributed by atoms with Crippen molar-refractivity contribution in [3.05, 3.63) is 29.3 Å². The second kappa shape index (κ2) is 3.22. The summed E-state index contributed by atoms with van der Waals surface area (Å²) in [6, 6.07) is 5.33. The molecule has 0 aromatic heterocycles. The summed E-state index contributed by atoms with van der Waals surface area (Å²) >= 11 is 0. The highest BCUT2D eigenvalue weighted by Gasteiger charge is 2.46. The highest BCUT2D eigenvalue weighted by atomic mass is 16.6. The lowest BCUT2D eigenvalue weighted by Gasteiger charge is -2.32. The van der Waals surface area contributed by atoms with Crippen LogP contribution in [0.4, 0.5) is 5.69 Å². The molecule has 2 heterocycles. The van der Waals surface area contributed by atoms with E-state index in [1.54, 1.807) is 12.1 Å². The lowest BCUT2D eigenvalue weighted by atomic mass is 9.85. The van der Waals surface area contributed by atoms with Gasteiger partial charge in [0, 0.05) is 24.1 Å². The number of carbonyl (C=O) groups is 1. The van der Waals surface area contributed by atoms with Crippen LogP contribution in [0.3, 0.4) is 0 Å². The van der Waals surface area contributed by atoms with Gasteiger partial charge in [0.1, 0.15) is 5.60 Å². The van der Waals surface area contributed by atoms with Gasteiger partial charge in [-0.25, -0.2) is 4.79 Å². The van der Waals surface area contributed by atoms with Crippen LogP contribution in [-0.4, -0.2) is 19.2 Å². The number of rotatable bonds is 0. The van der Waals surface area contributed by atoms with Crippen LogP contribution in [-0.2, 0) is 15.1 Å². The number of nitrogens with two attached hydrogens (primary N) is 1. The van der Waals surface area contributed by atoms with Gasteiger partial charge >= 0.3 is 5.97 Å². The number of hydrogen-bond donors (Lipinski definition) is 1. The van der Waals surface area contributed by atoms with E-state index in [1.165, 1.54) is 0 Å². The van der Waals surface area contributed by atoms with Gasteiger partial charge in [-0.2, -0.15) is 0 Å². The fourth-order valence-corrected chi connectivity index (χ4v) is 2.48. The van der Waals surface area contributed by atoms with Crippen molar-refractivity contribution < 1.29 is 14.3 Å². The Morgan fingerprint density at radius 1 is 1.25 bits per heavy atom. The Hall–Kier alpha value is -1.55. The van der Waals surface area contributed by atoms with E-state index in [-0.39, 0.29) is 5.97 Å². The van der Waals surface area contributed by atoms with Crippen molar-refractivity contribution in [2.24, 2.45) is 0 Å². The third-order valence-electron chi connectivity index (χ3n) is 3.34. The molecule has 1 aromatic carbocycles. The summed E-state index contributed by atoms with van der Waals surface area (Å²) in [5, 5.41) is 0. The predicted octanol–water partition coefficient (Wildman–Crippen LogP) is 1.44. The molecule has 16 heavy (non-hydrogen) atoms. The first-order valence-corrected chi connectivity index (χ1v) is 5.42. The van der Waals surface area contributed by atoms with Crippen molar-refractivity contribution in [3.8, 4) is 0 Å². The normalized spacial score (nSPS) is 21.9. The maximum Gasteiger partial charge on any atom is 0.339 e. The number of fused-ring (bicyclic) bond motifs is 2. The lowest BCUT2D eigenvalue weighted by Crippen LogP contribution is -2.33. The number of esters is 1. The van der Waals surface area contributed by atoms with Crippen LogP contribution in [0, 0.1) is 0 Å². The summed E-state index contributed by atoms with van der Waals surface area (Å²) < 4.78 is 10.9. The highest BCUT2D eigenvalue weighted by Crippen LogP contribution is 2.44. The van der Waals surface area contributed by atoms with Crippen LogP contribution in [0.2, 0.25) is 0 Å². The Bertz CT molecular complexity index is 450. The largest absolute Gasteiger partial charge is 0.450 e. The van der Waals surface area contributed by atoms with Crippen LogP contribution in [0.1, 0.15) is 28.8 Å². The van der Waals surface area contributed by atoms with Crippen LogP contribution >= 0.6 is 0 Å². The zero-order chi connectivity index (χ0) is 11.2. The molecule has 1 saturated heterocycles. The molecule has 1 spiro atoms. The number of hydrogen-bond acceptors (Lipinski definition) is 4. The summed E-state index contributed by atoms with van der Waals surface area (Å²) in [6.45, 7) is 1.25. The van der Waals surface area contributed by atoms with Crippen molar-refractivity contribution in [2.45, 2.75) is 18.4 Å². The van der Waals surface area contributed by atoms with Gasteiger partial charge in [0.2, 0.25) is 0 Å². The standard InChI is InChI=1S/C12H13NO3/c13-8-1-2-9-10(7-8)12(16-11(9)14)3-5-15-6-4-12/h1-2,7H,3-6,13H2. The molecule has 84 valence electrons. The fourth-order valence-electron chi connectivity index (χ4n) is 2.48. The van der Waals surface area contributed by atoms with E-state index in [4.69, 9.17) is 15.2 Å². The number of anilines is 1. The molecule has 0 radical (unpaired) electrons. The first-order chi connectivity index (χ1) is 7.71. The van der Waals surface area contributed by atoms with Crippen molar-refractivity contribution in [2.75, 3.05) is 18.9 Å². The SMILES string of the molecule is Nc1ccc2c(c1)C1(CCOCC1)OC2=O. The summed E-state index contributed by atoms with van der Waals surface area (Å²) in [4.78, 5) is 11.7. The van der Waals surface area contributed by atoms with Crippen molar-refractivity contribution in [3.63, 3.8) is 0 Å². The molecule has 0 saturated carbocycles. The van der Waals surface area contributed by atoms with E-state index in [2.05, 4.69) is 0 Å². The molecule has 4 nitrogen and oxygen atoms in total. The molecular formula is C12H13NO3. The van der Waals surface area contributed by atoms with E-state index >= 15 is 0 Å². The Labute approximate surface area is 93.3 Å². The summed E-state index contributed by atoms with van der Waals surface area (Å²) in [5.74, 6) is -0.239. The molecule has 1 aromatic rings. The lowest BCUT2D eigenvalue weighted by molar-refractivity contribution is -0.0734. The zero-order valence-corrected chi connectivity index (χ0v) is 8.86. The van der Waals surface area contributed by atoms with Gasteiger partial charge in [-0.05, 0) is 18.2 Å². The monoisotopic (exact) mass is 219 g/mol. The molecule has 2 aliphatic rings. The van der Waals surface area contributed by atoms with E-state index in [0.717, 1.165) is 18.4 Å². The maximum absolute atomic E-state index is 11.7. The Morgan fingerprint density at radius 3 is 2.75 bits per heavy atom. The molecule has 1 fully saturated rings. The van der Waals surface area contributed by atoms with Crippen LogP contribution in [0.15, 0.2) is 18.2 Å². The third-order valence-corrected chi connectivity index (χ3v) is 3.34. The Morgan fingerprint density at radius 2 is 2.00 bits per heavy atom. The van der Waals surface area contributed by atoms with Crippen LogP contribution in [0.5, 0.6) is 0 Å². The summed E-state index contributed by atoms with van der Waals surface area (Å²) in [6.07, 6.45) is 1.43. The van der Waals surface area contributed by atoms with E-state index < -0.39 is 5.60 Å². The molecule has 0 amide bonds. The van der Waals surface area contributed by atoms with E-state index in [0.29, 0.717) is 24.5 Å². The van der Waals surface area contributed by atoms with Gasteiger partial charge in [-0.3, -0.25) is 0 Å². The number of nitrogen functional groups attached to an aromatic ring is 1. The highest BCUT2D eigenvalue weighted by molar-refractivity contribution is 5.95. The average Bonchev–Trinajstić information content (AvgIpc) is 2.53. The van der Waals surface area contributed by atoms with Gasteiger partial charge < -0.3 is 15.2 Å². The Balaban J connectivity index is 2.12. The predicted molar refractivity (Wildman–Crippen MR) is 58.0 cm³/mol.